The van der Waals surface area contributed by atoms with Gasteiger partial charge >= 0.3 is 5.97 Å². The maximum atomic E-state index is 11.2. The molecule has 1 atom stereocenters. The Morgan fingerprint density at radius 3 is 2.54 bits per heavy atom. The molecule has 8 heteroatoms. The van der Waals surface area contributed by atoms with Crippen LogP contribution in [0.3, 0.4) is 0 Å². The van der Waals surface area contributed by atoms with E-state index in [-0.39, 0.29) is 13.2 Å². The van der Waals surface area contributed by atoms with Crippen molar-refractivity contribution in [3.8, 4) is 22.6 Å². The SMILES string of the molecule is C/C=C\COc1cc(OCc2cccc(-c3ccccc3)c2Br)c(Cl)cc1CNC(CO)C(=O)O. The molecule has 0 saturated heterocycles. The summed E-state index contributed by atoms with van der Waals surface area (Å²) in [5, 5.41) is 21.6. The maximum absolute atomic E-state index is 11.2. The van der Waals surface area contributed by atoms with Crippen LogP contribution >= 0.6 is 27.5 Å². The van der Waals surface area contributed by atoms with Crippen molar-refractivity contribution in [3.05, 3.63) is 93.4 Å². The number of hydrogen-bond donors (Lipinski definition) is 3. The van der Waals surface area contributed by atoms with Gasteiger partial charge in [-0.25, -0.2) is 0 Å². The van der Waals surface area contributed by atoms with Gasteiger partial charge in [0.05, 0.1) is 11.6 Å². The highest BCUT2D eigenvalue weighted by Crippen LogP contribution is 2.35. The summed E-state index contributed by atoms with van der Waals surface area (Å²) in [5.41, 5.74) is 3.76. The molecule has 0 amide bonds. The predicted octanol–water partition coefficient (Wildman–Crippen LogP) is 5.84. The van der Waals surface area contributed by atoms with Crippen LogP contribution < -0.4 is 14.8 Å². The number of nitrogens with one attached hydrogen (secondary N) is 1. The highest BCUT2D eigenvalue weighted by atomic mass is 79.9. The number of halogens is 2. The second-order valence-electron chi connectivity index (χ2n) is 7.66. The van der Waals surface area contributed by atoms with Gasteiger partial charge in [0.2, 0.25) is 0 Å². The van der Waals surface area contributed by atoms with Gasteiger partial charge in [0.15, 0.2) is 0 Å². The molecule has 0 aliphatic rings. The van der Waals surface area contributed by atoms with Gasteiger partial charge in [-0.1, -0.05) is 72.3 Å². The summed E-state index contributed by atoms with van der Waals surface area (Å²) in [6.45, 7) is 2.11. The maximum Gasteiger partial charge on any atom is 0.323 e. The van der Waals surface area contributed by atoms with E-state index in [9.17, 15) is 15.0 Å². The Labute approximate surface area is 218 Å². The van der Waals surface area contributed by atoms with E-state index in [0.29, 0.717) is 28.7 Å². The molecule has 3 rings (SSSR count). The van der Waals surface area contributed by atoms with Crippen molar-refractivity contribution in [2.45, 2.75) is 26.1 Å². The fourth-order valence-electron chi connectivity index (χ4n) is 3.34. The van der Waals surface area contributed by atoms with E-state index in [1.165, 1.54) is 0 Å². The second-order valence-corrected chi connectivity index (χ2v) is 8.86. The first-order chi connectivity index (χ1) is 16.9. The molecule has 0 heterocycles. The van der Waals surface area contributed by atoms with E-state index in [2.05, 4.69) is 33.4 Å². The van der Waals surface area contributed by atoms with Crippen molar-refractivity contribution in [2.75, 3.05) is 13.2 Å². The van der Waals surface area contributed by atoms with Gasteiger partial charge in [0.1, 0.15) is 30.8 Å². The molecule has 0 bridgehead atoms. The number of benzene rings is 3. The van der Waals surface area contributed by atoms with Crippen molar-refractivity contribution in [2.24, 2.45) is 0 Å². The zero-order valence-electron chi connectivity index (χ0n) is 19.2. The average molecular weight is 561 g/mol. The van der Waals surface area contributed by atoms with Gasteiger partial charge in [-0.05, 0) is 40.0 Å². The smallest absolute Gasteiger partial charge is 0.323 e. The molecule has 3 N–H and O–H groups in total. The van der Waals surface area contributed by atoms with Crippen LogP contribution in [-0.4, -0.2) is 35.4 Å². The summed E-state index contributed by atoms with van der Waals surface area (Å²) in [5.74, 6) is -0.188. The summed E-state index contributed by atoms with van der Waals surface area (Å²) < 4.78 is 12.9. The minimum absolute atomic E-state index is 0.146. The van der Waals surface area contributed by atoms with E-state index in [0.717, 1.165) is 21.2 Å². The molecule has 0 saturated carbocycles. The summed E-state index contributed by atoms with van der Waals surface area (Å²) >= 11 is 10.2. The van der Waals surface area contributed by atoms with Crippen LogP contribution in [0.5, 0.6) is 11.5 Å². The first-order valence-electron chi connectivity index (χ1n) is 11.0. The van der Waals surface area contributed by atoms with Crippen molar-refractivity contribution in [1.82, 2.24) is 5.32 Å². The lowest BCUT2D eigenvalue weighted by molar-refractivity contribution is -0.140. The molecule has 0 aromatic heterocycles. The van der Waals surface area contributed by atoms with Crippen LogP contribution in [0.1, 0.15) is 18.1 Å². The Morgan fingerprint density at radius 2 is 1.86 bits per heavy atom. The molecule has 0 fully saturated rings. The van der Waals surface area contributed by atoms with Gasteiger partial charge in [0, 0.05) is 28.2 Å². The fraction of sp³-hybridized carbons (Fsp3) is 0.222. The van der Waals surface area contributed by atoms with E-state index in [4.69, 9.17) is 21.1 Å². The fourth-order valence-corrected chi connectivity index (χ4v) is 4.19. The number of aliphatic hydroxyl groups is 1. The van der Waals surface area contributed by atoms with Gasteiger partial charge in [0.25, 0.3) is 0 Å². The van der Waals surface area contributed by atoms with Crippen molar-refractivity contribution in [3.63, 3.8) is 0 Å². The molecule has 35 heavy (non-hydrogen) atoms. The van der Waals surface area contributed by atoms with Gasteiger partial charge in [-0.15, -0.1) is 0 Å². The minimum Gasteiger partial charge on any atom is -0.489 e. The summed E-state index contributed by atoms with van der Waals surface area (Å²) in [6.07, 6.45) is 3.72. The number of carboxylic acids is 1. The lowest BCUT2D eigenvalue weighted by atomic mass is 10.0. The lowest BCUT2D eigenvalue weighted by Gasteiger charge is -2.17. The van der Waals surface area contributed by atoms with E-state index in [1.54, 1.807) is 12.1 Å². The molecule has 0 aliphatic heterocycles. The Kier molecular flexibility index (Phi) is 10.2. The van der Waals surface area contributed by atoms with E-state index in [1.807, 2.05) is 55.5 Å². The predicted molar refractivity (Wildman–Crippen MR) is 141 cm³/mol. The molecule has 3 aromatic rings. The summed E-state index contributed by atoms with van der Waals surface area (Å²) in [4.78, 5) is 11.2. The molecular weight excluding hydrogens is 534 g/mol. The minimum atomic E-state index is -1.14. The number of aliphatic carboxylic acids is 1. The normalized spacial score (nSPS) is 12.0. The second kappa shape index (κ2) is 13.3. The number of allylic oxidation sites excluding steroid dienone is 1. The number of rotatable bonds is 12. The number of carboxylic acid groups (broad SMARTS) is 1. The van der Waals surface area contributed by atoms with Gasteiger partial charge in [-0.3, -0.25) is 10.1 Å². The topological polar surface area (TPSA) is 88.0 Å². The van der Waals surface area contributed by atoms with E-state index < -0.39 is 18.6 Å². The molecule has 3 aromatic carbocycles. The zero-order chi connectivity index (χ0) is 25.2. The van der Waals surface area contributed by atoms with E-state index >= 15 is 0 Å². The summed E-state index contributed by atoms with van der Waals surface area (Å²) in [6, 6.07) is 18.4. The van der Waals surface area contributed by atoms with Crippen molar-refractivity contribution in [1.29, 1.82) is 0 Å². The van der Waals surface area contributed by atoms with Crippen LogP contribution in [0.25, 0.3) is 11.1 Å². The summed E-state index contributed by atoms with van der Waals surface area (Å²) in [7, 11) is 0. The number of aliphatic hydroxyl groups excluding tert-OH is 1. The lowest BCUT2D eigenvalue weighted by Crippen LogP contribution is -2.39. The number of carbonyl (C=O) groups is 1. The molecule has 0 aliphatic carbocycles. The zero-order valence-corrected chi connectivity index (χ0v) is 21.6. The Hall–Kier alpha value is -2.84. The largest absolute Gasteiger partial charge is 0.489 e. The highest BCUT2D eigenvalue weighted by molar-refractivity contribution is 9.10. The monoisotopic (exact) mass is 559 g/mol. The molecule has 0 spiro atoms. The Morgan fingerprint density at radius 1 is 1.09 bits per heavy atom. The Balaban J connectivity index is 1.82. The van der Waals surface area contributed by atoms with Crippen molar-refractivity contribution >= 4 is 33.5 Å². The molecule has 6 nitrogen and oxygen atoms in total. The van der Waals surface area contributed by atoms with Crippen LogP contribution in [0, 0.1) is 0 Å². The third-order valence-corrected chi connectivity index (χ3v) is 6.48. The molecule has 184 valence electrons. The number of hydrogen-bond acceptors (Lipinski definition) is 5. The average Bonchev–Trinajstić information content (AvgIpc) is 2.86. The first kappa shape index (κ1) is 26.8. The molecule has 0 radical (unpaired) electrons. The quantitative estimate of drug-likeness (QED) is 0.241. The van der Waals surface area contributed by atoms with Crippen LogP contribution in [0.2, 0.25) is 5.02 Å². The number of ether oxygens (including phenoxy) is 2. The Bertz CT molecular complexity index is 1170. The van der Waals surface area contributed by atoms with Gasteiger partial charge in [-0.2, -0.15) is 0 Å². The van der Waals surface area contributed by atoms with Crippen LogP contribution in [0.4, 0.5) is 0 Å². The third-order valence-electron chi connectivity index (χ3n) is 5.25. The van der Waals surface area contributed by atoms with Crippen molar-refractivity contribution < 1.29 is 24.5 Å². The standard InChI is InChI=1S/C27H27BrClNO5/c1-2-3-12-34-24-14-25(22(29)13-20(24)15-30-23(16-31)27(32)33)35-17-19-10-7-11-21(26(19)28)18-8-5-4-6-9-18/h2-11,13-14,23,30-31H,12,15-17H2,1H3,(H,32,33)/b3-2-. The van der Waals surface area contributed by atoms with Gasteiger partial charge < -0.3 is 19.7 Å². The van der Waals surface area contributed by atoms with Crippen LogP contribution in [-0.2, 0) is 17.9 Å². The van der Waals surface area contributed by atoms with Crippen LogP contribution in [0.15, 0.2) is 77.3 Å². The molecule has 1 unspecified atom stereocenters. The first-order valence-corrected chi connectivity index (χ1v) is 12.2. The molecular formula is C27H27BrClNO5. The third kappa shape index (κ3) is 7.32. The highest BCUT2D eigenvalue weighted by Gasteiger charge is 2.18.